The molecular formula is C15H18ClNO4. The fraction of sp³-hybridized carbons (Fsp3) is 0.467. The van der Waals surface area contributed by atoms with E-state index < -0.39 is 23.7 Å². The molecule has 1 heterocycles. The molecule has 0 bridgehead atoms. The molecule has 1 aromatic carbocycles. The summed E-state index contributed by atoms with van der Waals surface area (Å²) in [4.78, 5) is 24.9. The average Bonchev–Trinajstić information content (AvgIpc) is 2.34. The van der Waals surface area contributed by atoms with Gasteiger partial charge in [0, 0.05) is 11.4 Å². The van der Waals surface area contributed by atoms with E-state index in [-0.39, 0.29) is 13.0 Å². The SMILES string of the molecule is CC(C)(C)OC(=O)N1Cc2cc(Cl)ccc2C[C@@H]1C(=O)O. The summed E-state index contributed by atoms with van der Waals surface area (Å²) in [6.07, 6.45) is -0.373. The molecular weight excluding hydrogens is 294 g/mol. The number of fused-ring (bicyclic) bond motifs is 1. The van der Waals surface area contributed by atoms with Gasteiger partial charge in [0.25, 0.3) is 0 Å². The van der Waals surface area contributed by atoms with Crippen LogP contribution in [0.25, 0.3) is 0 Å². The third-order valence-electron chi connectivity index (χ3n) is 3.21. The van der Waals surface area contributed by atoms with Crippen molar-refractivity contribution in [2.45, 2.75) is 45.4 Å². The quantitative estimate of drug-likeness (QED) is 0.865. The molecule has 5 nitrogen and oxygen atoms in total. The Morgan fingerprint density at radius 2 is 2.00 bits per heavy atom. The molecule has 0 saturated carbocycles. The van der Waals surface area contributed by atoms with Crippen LogP contribution in [0.3, 0.4) is 0 Å². The summed E-state index contributed by atoms with van der Waals surface area (Å²) in [7, 11) is 0. The van der Waals surface area contributed by atoms with Crippen molar-refractivity contribution in [1.82, 2.24) is 4.90 Å². The second-order valence-electron chi connectivity index (χ2n) is 6.08. The summed E-state index contributed by atoms with van der Waals surface area (Å²) in [6.45, 7) is 5.42. The zero-order valence-corrected chi connectivity index (χ0v) is 13.0. The van der Waals surface area contributed by atoms with Gasteiger partial charge in [-0.25, -0.2) is 9.59 Å². The first-order valence-corrected chi connectivity index (χ1v) is 7.05. The van der Waals surface area contributed by atoms with E-state index in [4.69, 9.17) is 16.3 Å². The first kappa shape index (κ1) is 15.6. The summed E-state index contributed by atoms with van der Waals surface area (Å²) in [5.41, 5.74) is 1.08. The van der Waals surface area contributed by atoms with E-state index in [0.29, 0.717) is 5.02 Å². The highest BCUT2D eigenvalue weighted by atomic mass is 35.5. The smallest absolute Gasteiger partial charge is 0.411 e. The van der Waals surface area contributed by atoms with Gasteiger partial charge in [-0.05, 0) is 44.0 Å². The van der Waals surface area contributed by atoms with Crippen LogP contribution in [0.15, 0.2) is 18.2 Å². The van der Waals surface area contributed by atoms with Gasteiger partial charge in [-0.15, -0.1) is 0 Å². The fourth-order valence-electron chi connectivity index (χ4n) is 2.29. The van der Waals surface area contributed by atoms with E-state index in [1.54, 1.807) is 39.0 Å². The molecule has 2 rings (SSSR count). The summed E-state index contributed by atoms with van der Waals surface area (Å²) >= 11 is 5.96. The Labute approximate surface area is 128 Å². The lowest BCUT2D eigenvalue weighted by Gasteiger charge is -2.35. The van der Waals surface area contributed by atoms with Crippen molar-refractivity contribution < 1.29 is 19.4 Å². The number of ether oxygens (including phenoxy) is 1. The van der Waals surface area contributed by atoms with E-state index in [1.165, 1.54) is 4.90 Å². The van der Waals surface area contributed by atoms with E-state index in [2.05, 4.69) is 0 Å². The second kappa shape index (κ2) is 5.56. The van der Waals surface area contributed by atoms with Gasteiger partial charge in [0.1, 0.15) is 11.6 Å². The van der Waals surface area contributed by atoms with Crippen LogP contribution in [0.4, 0.5) is 4.79 Å². The lowest BCUT2D eigenvalue weighted by atomic mass is 9.94. The lowest BCUT2D eigenvalue weighted by Crippen LogP contribution is -2.50. The Morgan fingerprint density at radius 3 is 2.57 bits per heavy atom. The van der Waals surface area contributed by atoms with Crippen LogP contribution in [0.5, 0.6) is 0 Å². The molecule has 0 aliphatic carbocycles. The maximum Gasteiger partial charge on any atom is 0.411 e. The minimum absolute atomic E-state index is 0.182. The summed E-state index contributed by atoms with van der Waals surface area (Å²) in [6, 6.07) is 4.36. The van der Waals surface area contributed by atoms with Gasteiger partial charge in [-0.2, -0.15) is 0 Å². The maximum absolute atomic E-state index is 12.2. The van der Waals surface area contributed by atoms with Crippen LogP contribution in [-0.4, -0.2) is 33.7 Å². The van der Waals surface area contributed by atoms with Crippen LogP contribution < -0.4 is 0 Å². The average molecular weight is 312 g/mol. The number of nitrogens with zero attached hydrogens (tertiary/aromatic N) is 1. The highest BCUT2D eigenvalue weighted by molar-refractivity contribution is 6.30. The zero-order chi connectivity index (χ0) is 15.8. The number of carboxylic acids is 1. The molecule has 21 heavy (non-hydrogen) atoms. The Balaban J connectivity index is 2.30. The van der Waals surface area contributed by atoms with Crippen molar-refractivity contribution in [3.63, 3.8) is 0 Å². The number of aliphatic carboxylic acids is 1. The largest absolute Gasteiger partial charge is 0.480 e. The zero-order valence-electron chi connectivity index (χ0n) is 12.2. The first-order valence-electron chi connectivity index (χ1n) is 6.67. The van der Waals surface area contributed by atoms with Gasteiger partial charge in [-0.1, -0.05) is 17.7 Å². The molecule has 0 saturated heterocycles. The monoisotopic (exact) mass is 311 g/mol. The number of benzene rings is 1. The number of carbonyl (C=O) groups is 2. The lowest BCUT2D eigenvalue weighted by molar-refractivity contribution is -0.143. The highest BCUT2D eigenvalue weighted by Crippen LogP contribution is 2.27. The number of hydrogen-bond acceptors (Lipinski definition) is 3. The van der Waals surface area contributed by atoms with Gasteiger partial charge in [0.15, 0.2) is 0 Å². The molecule has 6 heteroatoms. The summed E-state index contributed by atoms with van der Waals surface area (Å²) < 4.78 is 5.29. The Kier molecular flexibility index (Phi) is 4.14. The van der Waals surface area contributed by atoms with Crippen LogP contribution in [0, 0.1) is 0 Å². The highest BCUT2D eigenvalue weighted by Gasteiger charge is 2.36. The maximum atomic E-state index is 12.2. The number of carbonyl (C=O) groups excluding carboxylic acids is 1. The van der Waals surface area contributed by atoms with Crippen molar-refractivity contribution in [1.29, 1.82) is 0 Å². The van der Waals surface area contributed by atoms with Gasteiger partial charge >= 0.3 is 12.1 Å². The van der Waals surface area contributed by atoms with Crippen LogP contribution in [0.2, 0.25) is 5.02 Å². The molecule has 1 aromatic rings. The Morgan fingerprint density at radius 1 is 1.33 bits per heavy atom. The van der Waals surface area contributed by atoms with Gasteiger partial charge in [0.05, 0.1) is 6.54 Å². The third-order valence-corrected chi connectivity index (χ3v) is 3.45. The van der Waals surface area contributed by atoms with Crippen molar-refractivity contribution in [3.05, 3.63) is 34.3 Å². The number of amides is 1. The third kappa shape index (κ3) is 3.67. The normalized spacial score (nSPS) is 18.1. The van der Waals surface area contributed by atoms with E-state index in [9.17, 15) is 14.7 Å². The number of halogens is 1. The Bertz CT molecular complexity index is 580. The summed E-state index contributed by atoms with van der Waals surface area (Å²) in [5, 5.41) is 9.92. The minimum atomic E-state index is -1.04. The van der Waals surface area contributed by atoms with Crippen LogP contribution in [0.1, 0.15) is 31.9 Å². The number of hydrogen-bond donors (Lipinski definition) is 1. The van der Waals surface area contributed by atoms with E-state index in [1.807, 2.05) is 0 Å². The molecule has 0 aromatic heterocycles. The van der Waals surface area contributed by atoms with Crippen molar-refractivity contribution in [2.75, 3.05) is 0 Å². The molecule has 1 N–H and O–H groups in total. The van der Waals surface area contributed by atoms with Gasteiger partial charge in [-0.3, -0.25) is 4.90 Å². The first-order chi connectivity index (χ1) is 9.67. The molecule has 0 spiro atoms. The van der Waals surface area contributed by atoms with Crippen molar-refractivity contribution in [2.24, 2.45) is 0 Å². The predicted octanol–water partition coefficient (Wildman–Crippen LogP) is 3.09. The summed E-state index contributed by atoms with van der Waals surface area (Å²) in [5.74, 6) is -1.04. The predicted molar refractivity (Wildman–Crippen MR) is 78.4 cm³/mol. The van der Waals surface area contributed by atoms with Crippen LogP contribution >= 0.6 is 11.6 Å². The molecule has 0 unspecified atom stereocenters. The molecule has 0 fully saturated rings. The Hall–Kier alpha value is -1.75. The minimum Gasteiger partial charge on any atom is -0.480 e. The number of rotatable bonds is 1. The van der Waals surface area contributed by atoms with Crippen molar-refractivity contribution >= 4 is 23.7 Å². The molecule has 1 amide bonds. The van der Waals surface area contributed by atoms with E-state index in [0.717, 1.165) is 11.1 Å². The van der Waals surface area contributed by atoms with E-state index >= 15 is 0 Å². The molecule has 0 radical (unpaired) electrons. The molecule has 1 aliphatic heterocycles. The fourth-order valence-corrected chi connectivity index (χ4v) is 2.48. The molecule has 1 aliphatic rings. The van der Waals surface area contributed by atoms with Crippen molar-refractivity contribution in [3.8, 4) is 0 Å². The number of carboxylic acid groups (broad SMARTS) is 1. The topological polar surface area (TPSA) is 66.8 Å². The van der Waals surface area contributed by atoms with Gasteiger partial charge < -0.3 is 9.84 Å². The standard InChI is InChI=1S/C15H18ClNO4/c1-15(2,3)21-14(20)17-8-10-6-11(16)5-4-9(10)7-12(17)13(18)19/h4-6,12H,7-8H2,1-3H3,(H,18,19)/t12-/m1/s1. The van der Waals surface area contributed by atoms with Crippen LogP contribution in [-0.2, 0) is 22.5 Å². The molecule has 114 valence electrons. The molecule has 1 atom stereocenters. The van der Waals surface area contributed by atoms with Gasteiger partial charge in [0.2, 0.25) is 0 Å². The second-order valence-corrected chi connectivity index (χ2v) is 6.52.